The van der Waals surface area contributed by atoms with E-state index in [1.807, 2.05) is 32.2 Å². The lowest BCUT2D eigenvalue weighted by Gasteiger charge is -2.29. The highest BCUT2D eigenvalue weighted by Crippen LogP contribution is 2.22. The van der Waals surface area contributed by atoms with E-state index in [0.717, 1.165) is 35.3 Å². The first-order valence-corrected chi connectivity index (χ1v) is 12.2. The summed E-state index contributed by atoms with van der Waals surface area (Å²) in [5.41, 5.74) is 3.58. The van der Waals surface area contributed by atoms with Gasteiger partial charge < -0.3 is 15.5 Å². The van der Waals surface area contributed by atoms with Crippen LogP contribution in [0, 0.1) is 6.92 Å². The molecule has 5 nitrogen and oxygen atoms in total. The lowest BCUT2D eigenvalue weighted by atomic mass is 9.95. The molecule has 0 bridgehead atoms. The molecule has 0 radical (unpaired) electrons. The number of rotatable bonds is 14. The Kier molecular flexibility index (Phi) is 10.7. The number of hydrogen-bond acceptors (Lipinski definition) is 5. The molecule has 1 atom stereocenters. The number of aliphatic carboxylic acids is 1. The maximum Gasteiger partial charge on any atom is 0.313 e. The van der Waals surface area contributed by atoms with Crippen molar-refractivity contribution in [3.05, 3.63) is 65.2 Å². The van der Waals surface area contributed by atoms with Crippen LogP contribution in [0.15, 0.2) is 53.4 Å². The minimum atomic E-state index is -0.811. The highest BCUT2D eigenvalue weighted by molar-refractivity contribution is 8.00. The molecule has 0 aromatic heterocycles. The Bertz CT molecular complexity index is 842. The first-order chi connectivity index (χ1) is 15.1. The van der Waals surface area contributed by atoms with Crippen molar-refractivity contribution in [1.29, 1.82) is 0 Å². The molecule has 2 aromatic carbocycles. The molecule has 0 unspecified atom stereocenters. The lowest BCUT2D eigenvalue weighted by Crippen LogP contribution is -2.46. The fourth-order valence-corrected chi connectivity index (χ4v) is 4.60. The summed E-state index contributed by atoms with van der Waals surface area (Å²) in [4.78, 5) is 13.9. The van der Waals surface area contributed by atoms with Gasteiger partial charge in [-0.1, -0.05) is 36.4 Å². The standard InChI is InChI=1S/C26H38N2O3S/c1-20-13-22(15-24(14-20)32-19-25(30)31)17-28(4)18-23(29)16-27-26(2,3)12-8-11-21-9-6-5-7-10-21/h5-7,9-10,13-15,23,27,29H,8,11-12,16-19H2,1-4H3,(H,30,31)/t23-/m1/s1. The van der Waals surface area contributed by atoms with Gasteiger partial charge in [-0.2, -0.15) is 0 Å². The number of nitrogens with one attached hydrogen (secondary N) is 1. The van der Waals surface area contributed by atoms with Crippen LogP contribution in [0.1, 0.15) is 43.4 Å². The van der Waals surface area contributed by atoms with Gasteiger partial charge in [-0.05, 0) is 75.9 Å². The number of thioether (sulfide) groups is 1. The van der Waals surface area contributed by atoms with Crippen molar-refractivity contribution < 1.29 is 15.0 Å². The van der Waals surface area contributed by atoms with Gasteiger partial charge in [0.05, 0.1) is 11.9 Å². The zero-order valence-electron chi connectivity index (χ0n) is 19.8. The molecule has 3 N–H and O–H groups in total. The Labute approximate surface area is 197 Å². The third kappa shape index (κ3) is 10.6. The third-order valence-corrected chi connectivity index (χ3v) is 6.33. The van der Waals surface area contributed by atoms with Gasteiger partial charge in [0.15, 0.2) is 0 Å². The maximum absolute atomic E-state index is 10.8. The van der Waals surface area contributed by atoms with Gasteiger partial charge in [-0.3, -0.25) is 9.69 Å². The van der Waals surface area contributed by atoms with Crippen molar-refractivity contribution in [2.45, 2.75) is 63.1 Å². The van der Waals surface area contributed by atoms with Crippen LogP contribution in [-0.4, -0.2) is 58.6 Å². The van der Waals surface area contributed by atoms with Gasteiger partial charge in [-0.25, -0.2) is 0 Å². The molecule has 0 aliphatic rings. The van der Waals surface area contributed by atoms with E-state index in [-0.39, 0.29) is 11.3 Å². The van der Waals surface area contributed by atoms with E-state index in [1.54, 1.807) is 0 Å². The number of carbonyl (C=O) groups is 1. The SMILES string of the molecule is Cc1cc(CN(C)C[C@H](O)CNC(C)(C)CCCc2ccccc2)cc(SCC(=O)O)c1. The molecule has 0 fully saturated rings. The molecule has 176 valence electrons. The maximum atomic E-state index is 10.8. The van der Waals surface area contributed by atoms with Gasteiger partial charge in [0, 0.05) is 30.1 Å². The van der Waals surface area contributed by atoms with Crippen LogP contribution >= 0.6 is 11.8 Å². The molecule has 0 aliphatic heterocycles. The summed E-state index contributed by atoms with van der Waals surface area (Å²) in [5.74, 6) is -0.752. The van der Waals surface area contributed by atoms with Gasteiger partial charge in [-0.15, -0.1) is 11.8 Å². The molecular formula is C26H38N2O3S. The largest absolute Gasteiger partial charge is 0.481 e. The average molecular weight is 459 g/mol. The summed E-state index contributed by atoms with van der Waals surface area (Å²) < 4.78 is 0. The molecule has 32 heavy (non-hydrogen) atoms. The molecule has 0 saturated carbocycles. The summed E-state index contributed by atoms with van der Waals surface area (Å²) >= 11 is 1.34. The van der Waals surface area contributed by atoms with Gasteiger partial charge in [0.25, 0.3) is 0 Å². The summed E-state index contributed by atoms with van der Waals surface area (Å²) in [6, 6.07) is 16.7. The highest BCUT2D eigenvalue weighted by Gasteiger charge is 2.19. The van der Waals surface area contributed by atoms with Crippen LogP contribution in [0.3, 0.4) is 0 Å². The summed E-state index contributed by atoms with van der Waals surface area (Å²) in [6.07, 6.45) is 2.76. The zero-order chi connectivity index (χ0) is 23.6. The lowest BCUT2D eigenvalue weighted by molar-refractivity contribution is -0.133. The summed E-state index contributed by atoms with van der Waals surface area (Å²) in [7, 11) is 2.00. The van der Waals surface area contributed by atoms with E-state index in [9.17, 15) is 9.90 Å². The molecule has 0 heterocycles. The predicted octanol–water partition coefficient (Wildman–Crippen LogP) is 4.36. The van der Waals surface area contributed by atoms with Gasteiger partial charge in [0.1, 0.15) is 0 Å². The van der Waals surface area contributed by atoms with Crippen LogP contribution in [0.5, 0.6) is 0 Å². The quantitative estimate of drug-likeness (QED) is 0.366. The fraction of sp³-hybridized carbons (Fsp3) is 0.500. The van der Waals surface area contributed by atoms with Gasteiger partial charge in [0.2, 0.25) is 0 Å². The summed E-state index contributed by atoms with van der Waals surface area (Å²) in [5, 5.41) is 23.0. The highest BCUT2D eigenvalue weighted by atomic mass is 32.2. The molecule has 0 saturated heterocycles. The van der Waals surface area contributed by atoms with Crippen LogP contribution in [-0.2, 0) is 17.8 Å². The predicted molar refractivity (Wildman–Crippen MR) is 133 cm³/mol. The molecule has 0 aliphatic carbocycles. The molecular weight excluding hydrogens is 420 g/mol. The molecule has 2 aromatic rings. The van der Waals surface area contributed by atoms with Crippen molar-refractivity contribution >= 4 is 17.7 Å². The van der Waals surface area contributed by atoms with Crippen molar-refractivity contribution in [3.63, 3.8) is 0 Å². The van der Waals surface area contributed by atoms with Crippen molar-refractivity contribution in [1.82, 2.24) is 10.2 Å². The van der Waals surface area contributed by atoms with E-state index in [0.29, 0.717) is 19.6 Å². The van der Waals surface area contributed by atoms with E-state index in [2.05, 4.69) is 54.4 Å². The molecule has 0 spiro atoms. The number of aliphatic hydroxyl groups excluding tert-OH is 1. The van der Waals surface area contributed by atoms with Crippen molar-refractivity contribution in [2.75, 3.05) is 25.9 Å². The van der Waals surface area contributed by atoms with Gasteiger partial charge >= 0.3 is 5.97 Å². The minimum absolute atomic E-state index is 0.0266. The van der Waals surface area contributed by atoms with Crippen LogP contribution in [0.2, 0.25) is 0 Å². The number of benzene rings is 2. The number of hydrogen-bond donors (Lipinski definition) is 3. The molecule has 6 heteroatoms. The Balaban J connectivity index is 1.74. The second kappa shape index (κ2) is 13.0. The van der Waals surface area contributed by atoms with Crippen LogP contribution in [0.25, 0.3) is 0 Å². The topological polar surface area (TPSA) is 72.8 Å². The number of carboxylic acids is 1. The normalized spacial score (nSPS) is 12.8. The number of nitrogens with zero attached hydrogens (tertiary/aromatic N) is 1. The minimum Gasteiger partial charge on any atom is -0.481 e. The number of carboxylic acid groups (broad SMARTS) is 1. The van der Waals surface area contributed by atoms with E-state index < -0.39 is 12.1 Å². The average Bonchev–Trinajstić information content (AvgIpc) is 2.71. The number of aryl methyl sites for hydroxylation is 2. The summed E-state index contributed by atoms with van der Waals surface area (Å²) in [6.45, 7) is 8.23. The third-order valence-electron chi connectivity index (χ3n) is 5.37. The Morgan fingerprint density at radius 1 is 1.16 bits per heavy atom. The van der Waals surface area contributed by atoms with Crippen LogP contribution in [0.4, 0.5) is 0 Å². The number of β-amino-alcohol motifs (C(OH)–C–C–N with tert-alkyl or cyclic N) is 1. The molecule has 2 rings (SSSR count). The smallest absolute Gasteiger partial charge is 0.313 e. The first kappa shape index (κ1) is 26.4. The fourth-order valence-electron chi connectivity index (χ4n) is 3.81. The monoisotopic (exact) mass is 458 g/mol. The number of aliphatic hydroxyl groups is 1. The molecule has 0 amide bonds. The van der Waals surface area contributed by atoms with E-state index >= 15 is 0 Å². The van der Waals surface area contributed by atoms with E-state index in [4.69, 9.17) is 5.11 Å². The van der Waals surface area contributed by atoms with Crippen molar-refractivity contribution in [3.8, 4) is 0 Å². The van der Waals surface area contributed by atoms with E-state index in [1.165, 1.54) is 17.3 Å². The number of likely N-dealkylation sites (N-methyl/N-ethyl adjacent to an activating group) is 1. The van der Waals surface area contributed by atoms with Crippen LogP contribution < -0.4 is 5.32 Å². The Morgan fingerprint density at radius 2 is 1.88 bits per heavy atom. The van der Waals surface area contributed by atoms with Crippen molar-refractivity contribution in [2.24, 2.45) is 0 Å². The first-order valence-electron chi connectivity index (χ1n) is 11.2. The zero-order valence-corrected chi connectivity index (χ0v) is 20.6. The second-order valence-electron chi connectivity index (χ2n) is 9.29. The Hall–Kier alpha value is -1.86. The second-order valence-corrected chi connectivity index (χ2v) is 10.3. The Morgan fingerprint density at radius 3 is 2.56 bits per heavy atom.